The van der Waals surface area contributed by atoms with E-state index in [-0.39, 0.29) is 11.2 Å². The molecule has 7 heteroatoms. The highest BCUT2D eigenvalue weighted by molar-refractivity contribution is 7.89. The van der Waals surface area contributed by atoms with Crippen LogP contribution in [0.15, 0.2) is 18.3 Å². The Bertz CT molecular complexity index is 570. The van der Waals surface area contributed by atoms with Gasteiger partial charge in [-0.2, -0.15) is 4.31 Å². The zero-order valence-electron chi connectivity index (χ0n) is 12.9. The number of sulfonamides is 1. The lowest BCUT2D eigenvalue weighted by Crippen LogP contribution is -2.50. The van der Waals surface area contributed by atoms with Gasteiger partial charge in [0.1, 0.15) is 5.82 Å². The molecule has 1 aliphatic rings. The number of nitrogens with two attached hydrogens (primary N) is 1. The van der Waals surface area contributed by atoms with Crippen molar-refractivity contribution in [1.29, 1.82) is 0 Å². The monoisotopic (exact) mass is 312 g/mol. The highest BCUT2D eigenvalue weighted by atomic mass is 32.2. The van der Waals surface area contributed by atoms with Crippen molar-refractivity contribution < 1.29 is 8.42 Å². The molecular weight excluding hydrogens is 288 g/mol. The summed E-state index contributed by atoms with van der Waals surface area (Å²) in [7, 11) is -3.18. The van der Waals surface area contributed by atoms with Crippen molar-refractivity contribution in [3.8, 4) is 0 Å². The second kappa shape index (κ2) is 5.81. The zero-order chi connectivity index (χ0) is 15.7. The van der Waals surface area contributed by atoms with Crippen LogP contribution in [0.3, 0.4) is 0 Å². The molecule has 0 aliphatic carbocycles. The fraction of sp³-hybridized carbons (Fsp3) is 0.643. The van der Waals surface area contributed by atoms with Gasteiger partial charge in [0, 0.05) is 26.2 Å². The smallest absolute Gasteiger partial charge is 0.214 e. The highest BCUT2D eigenvalue weighted by Gasteiger charge is 2.30. The van der Waals surface area contributed by atoms with Gasteiger partial charge in [0.2, 0.25) is 10.0 Å². The second-order valence-corrected chi connectivity index (χ2v) is 8.61. The van der Waals surface area contributed by atoms with Crippen molar-refractivity contribution >= 4 is 21.5 Å². The van der Waals surface area contributed by atoms with Crippen molar-refractivity contribution in [2.24, 2.45) is 5.41 Å². The molecule has 0 unspecified atom stereocenters. The Hall–Kier alpha value is -1.34. The molecule has 0 atom stereocenters. The Kier molecular flexibility index (Phi) is 4.43. The maximum absolute atomic E-state index is 12.4. The third-order valence-electron chi connectivity index (χ3n) is 3.38. The van der Waals surface area contributed by atoms with Crippen molar-refractivity contribution in [1.82, 2.24) is 9.29 Å². The molecule has 1 fully saturated rings. The molecule has 6 nitrogen and oxygen atoms in total. The number of aromatic nitrogens is 1. The molecule has 0 radical (unpaired) electrons. The van der Waals surface area contributed by atoms with Gasteiger partial charge in [-0.1, -0.05) is 20.8 Å². The first kappa shape index (κ1) is 16.0. The van der Waals surface area contributed by atoms with E-state index in [1.54, 1.807) is 16.6 Å². The zero-order valence-corrected chi connectivity index (χ0v) is 13.7. The standard InChI is InChI=1S/C14H24N4O2S/c1-14(2,3)11-21(19,20)18-8-6-17(7-9-18)12-4-5-13(15)16-10-12/h4-5,10H,6-9,11H2,1-3H3,(H2,15,16). The molecule has 2 N–H and O–H groups in total. The molecule has 1 aliphatic heterocycles. The average Bonchev–Trinajstić information content (AvgIpc) is 2.37. The van der Waals surface area contributed by atoms with Gasteiger partial charge in [-0.3, -0.25) is 0 Å². The average molecular weight is 312 g/mol. The van der Waals surface area contributed by atoms with Crippen LogP contribution in [0.5, 0.6) is 0 Å². The molecule has 1 aromatic rings. The lowest BCUT2D eigenvalue weighted by Gasteiger charge is -2.36. The van der Waals surface area contributed by atoms with E-state index in [0.29, 0.717) is 32.0 Å². The number of rotatable bonds is 3. The highest BCUT2D eigenvalue weighted by Crippen LogP contribution is 2.21. The Morgan fingerprint density at radius 1 is 1.19 bits per heavy atom. The summed E-state index contributed by atoms with van der Waals surface area (Å²) in [5.74, 6) is 0.675. The van der Waals surface area contributed by atoms with Crippen molar-refractivity contribution in [2.75, 3.05) is 42.6 Å². The predicted molar refractivity (Wildman–Crippen MR) is 85.7 cm³/mol. The summed E-state index contributed by atoms with van der Waals surface area (Å²) >= 11 is 0. The van der Waals surface area contributed by atoms with Gasteiger partial charge >= 0.3 is 0 Å². The van der Waals surface area contributed by atoms with Gasteiger partial charge < -0.3 is 10.6 Å². The van der Waals surface area contributed by atoms with Gasteiger partial charge in [0.15, 0.2) is 0 Å². The van der Waals surface area contributed by atoms with E-state index in [4.69, 9.17) is 5.73 Å². The minimum atomic E-state index is -3.18. The summed E-state index contributed by atoms with van der Waals surface area (Å²) in [6, 6.07) is 3.68. The Labute approximate surface area is 127 Å². The maximum atomic E-state index is 12.4. The normalized spacial score (nSPS) is 18.0. The number of piperazine rings is 1. The number of anilines is 2. The Morgan fingerprint density at radius 2 is 1.81 bits per heavy atom. The maximum Gasteiger partial charge on any atom is 0.214 e. The molecule has 0 aromatic carbocycles. The van der Waals surface area contributed by atoms with Crippen LogP contribution >= 0.6 is 0 Å². The van der Waals surface area contributed by atoms with Gasteiger partial charge in [0.05, 0.1) is 17.6 Å². The molecule has 0 bridgehead atoms. The SMILES string of the molecule is CC(C)(C)CS(=O)(=O)N1CCN(c2ccc(N)nc2)CC1. The van der Waals surface area contributed by atoms with E-state index in [1.165, 1.54) is 0 Å². The quantitative estimate of drug-likeness (QED) is 0.906. The van der Waals surface area contributed by atoms with Crippen LogP contribution in [0.2, 0.25) is 0 Å². The lowest BCUT2D eigenvalue weighted by molar-refractivity contribution is 0.369. The fourth-order valence-corrected chi connectivity index (χ4v) is 4.44. The van der Waals surface area contributed by atoms with E-state index in [9.17, 15) is 8.42 Å². The molecule has 0 spiro atoms. The number of nitrogen functional groups attached to an aromatic ring is 1. The van der Waals surface area contributed by atoms with E-state index >= 15 is 0 Å². The Morgan fingerprint density at radius 3 is 2.29 bits per heavy atom. The van der Waals surface area contributed by atoms with E-state index < -0.39 is 10.0 Å². The number of hydrogen-bond donors (Lipinski definition) is 1. The van der Waals surface area contributed by atoms with Crippen LogP contribution in [0, 0.1) is 5.41 Å². The first-order valence-electron chi connectivity index (χ1n) is 7.12. The predicted octanol–water partition coefficient (Wildman–Crippen LogP) is 1.16. The van der Waals surface area contributed by atoms with E-state index in [0.717, 1.165) is 5.69 Å². The van der Waals surface area contributed by atoms with Crippen molar-refractivity contribution in [2.45, 2.75) is 20.8 Å². The summed E-state index contributed by atoms with van der Waals surface area (Å²) in [6.45, 7) is 8.22. The third kappa shape index (κ3) is 4.31. The molecule has 118 valence electrons. The van der Waals surface area contributed by atoms with E-state index in [1.807, 2.05) is 26.8 Å². The van der Waals surface area contributed by atoms with Crippen LogP contribution in [-0.2, 0) is 10.0 Å². The van der Waals surface area contributed by atoms with Crippen LogP contribution in [0.4, 0.5) is 11.5 Å². The molecule has 2 rings (SSSR count). The van der Waals surface area contributed by atoms with Crippen LogP contribution in [0.1, 0.15) is 20.8 Å². The van der Waals surface area contributed by atoms with Gasteiger partial charge in [-0.05, 0) is 17.5 Å². The summed E-state index contributed by atoms with van der Waals surface area (Å²) < 4.78 is 26.3. The number of nitrogens with zero attached hydrogens (tertiary/aromatic N) is 3. The molecule has 21 heavy (non-hydrogen) atoms. The second-order valence-electron chi connectivity index (χ2n) is 6.64. The molecule has 1 aromatic heterocycles. The van der Waals surface area contributed by atoms with Gasteiger partial charge in [0.25, 0.3) is 0 Å². The molecular formula is C14H24N4O2S. The van der Waals surface area contributed by atoms with Crippen LogP contribution in [0.25, 0.3) is 0 Å². The first-order chi connectivity index (χ1) is 9.67. The molecule has 0 saturated carbocycles. The summed E-state index contributed by atoms with van der Waals surface area (Å²) in [5, 5.41) is 0. The minimum Gasteiger partial charge on any atom is -0.384 e. The summed E-state index contributed by atoms with van der Waals surface area (Å²) in [6.07, 6.45) is 1.73. The molecule has 0 amide bonds. The summed E-state index contributed by atoms with van der Waals surface area (Å²) in [4.78, 5) is 6.21. The minimum absolute atomic E-state index is 0.184. The number of hydrogen-bond acceptors (Lipinski definition) is 5. The Balaban J connectivity index is 1.98. The lowest BCUT2D eigenvalue weighted by atomic mass is 10.0. The van der Waals surface area contributed by atoms with Crippen LogP contribution in [-0.4, -0.2) is 49.6 Å². The largest absolute Gasteiger partial charge is 0.384 e. The van der Waals surface area contributed by atoms with Crippen molar-refractivity contribution in [3.63, 3.8) is 0 Å². The topological polar surface area (TPSA) is 79.5 Å². The fourth-order valence-electron chi connectivity index (χ4n) is 2.45. The van der Waals surface area contributed by atoms with Gasteiger partial charge in [-0.15, -0.1) is 0 Å². The van der Waals surface area contributed by atoms with Crippen LogP contribution < -0.4 is 10.6 Å². The van der Waals surface area contributed by atoms with Crippen molar-refractivity contribution in [3.05, 3.63) is 18.3 Å². The first-order valence-corrected chi connectivity index (χ1v) is 8.73. The third-order valence-corrected chi connectivity index (χ3v) is 5.77. The molecule has 1 saturated heterocycles. The number of pyridine rings is 1. The van der Waals surface area contributed by atoms with E-state index in [2.05, 4.69) is 9.88 Å². The summed E-state index contributed by atoms with van der Waals surface area (Å²) in [5.41, 5.74) is 6.33. The molecule has 2 heterocycles. The van der Waals surface area contributed by atoms with Gasteiger partial charge in [-0.25, -0.2) is 13.4 Å².